The fourth-order valence-electron chi connectivity index (χ4n) is 2.62. The van der Waals surface area contributed by atoms with Gasteiger partial charge in [-0.15, -0.1) is 0 Å². The lowest BCUT2D eigenvalue weighted by Crippen LogP contribution is -2.28. The highest BCUT2D eigenvalue weighted by Crippen LogP contribution is 2.29. The lowest BCUT2D eigenvalue weighted by Gasteiger charge is -2.19. The molecule has 0 saturated heterocycles. The zero-order chi connectivity index (χ0) is 22.6. The SMILES string of the molecule is COc1cc(-n2ncc(OCc3ccc(F)c(F)c3)cc2=O)ccc1OCC(C)(C)O. The van der Waals surface area contributed by atoms with Crippen molar-refractivity contribution in [2.75, 3.05) is 13.7 Å². The van der Waals surface area contributed by atoms with Crippen molar-refractivity contribution >= 4 is 0 Å². The van der Waals surface area contributed by atoms with E-state index >= 15 is 0 Å². The molecule has 3 rings (SSSR count). The van der Waals surface area contributed by atoms with Gasteiger partial charge in [-0.05, 0) is 43.7 Å². The Balaban J connectivity index is 1.76. The minimum Gasteiger partial charge on any atom is -0.493 e. The molecule has 0 aliphatic heterocycles. The standard InChI is InChI=1S/C22H22F2N2O5/c1-22(2,28)13-31-19-7-5-15(9-20(19)29-3)26-21(27)10-16(11-25-26)30-12-14-4-6-17(23)18(24)8-14/h4-11,28H,12-13H2,1-3H3. The molecule has 1 N–H and O–H groups in total. The van der Waals surface area contributed by atoms with E-state index < -0.39 is 22.8 Å². The van der Waals surface area contributed by atoms with E-state index in [9.17, 15) is 18.7 Å². The topological polar surface area (TPSA) is 82.8 Å². The fraction of sp³-hybridized carbons (Fsp3) is 0.273. The lowest BCUT2D eigenvalue weighted by atomic mass is 10.2. The highest BCUT2D eigenvalue weighted by Gasteiger charge is 2.16. The smallest absolute Gasteiger partial charge is 0.275 e. The maximum absolute atomic E-state index is 13.3. The number of ether oxygens (including phenoxy) is 3. The van der Waals surface area contributed by atoms with Crippen LogP contribution in [0.3, 0.4) is 0 Å². The summed E-state index contributed by atoms with van der Waals surface area (Å²) in [5, 5.41) is 13.9. The van der Waals surface area contributed by atoms with Crippen LogP contribution in [0.15, 0.2) is 53.5 Å². The molecular formula is C22H22F2N2O5. The molecule has 0 fully saturated rings. The number of methoxy groups -OCH3 is 1. The zero-order valence-electron chi connectivity index (χ0n) is 17.3. The third-order valence-electron chi connectivity index (χ3n) is 4.14. The van der Waals surface area contributed by atoms with Crippen LogP contribution in [0.25, 0.3) is 5.69 Å². The van der Waals surface area contributed by atoms with Crippen LogP contribution in [0.1, 0.15) is 19.4 Å². The van der Waals surface area contributed by atoms with E-state index in [1.165, 1.54) is 25.4 Å². The predicted octanol–water partition coefficient (Wildman–Crippen LogP) is 3.25. The first-order chi connectivity index (χ1) is 14.7. The van der Waals surface area contributed by atoms with Gasteiger partial charge in [0.05, 0.1) is 24.6 Å². The molecule has 0 saturated carbocycles. The van der Waals surface area contributed by atoms with Gasteiger partial charge in [-0.1, -0.05) is 6.07 Å². The molecule has 31 heavy (non-hydrogen) atoms. The summed E-state index contributed by atoms with van der Waals surface area (Å²) in [4.78, 5) is 12.5. The van der Waals surface area contributed by atoms with E-state index in [0.717, 1.165) is 16.8 Å². The van der Waals surface area contributed by atoms with Gasteiger partial charge in [0.15, 0.2) is 23.1 Å². The first-order valence-corrected chi connectivity index (χ1v) is 9.36. The summed E-state index contributed by atoms with van der Waals surface area (Å²) in [5.74, 6) is -0.955. The minimum atomic E-state index is -1.02. The molecule has 1 aromatic heterocycles. The van der Waals surface area contributed by atoms with Gasteiger partial charge in [0.2, 0.25) is 0 Å². The molecule has 0 aliphatic carbocycles. The van der Waals surface area contributed by atoms with E-state index in [1.807, 2.05) is 0 Å². The Hall–Kier alpha value is -3.46. The quantitative estimate of drug-likeness (QED) is 0.589. The van der Waals surface area contributed by atoms with Crippen molar-refractivity contribution < 1.29 is 28.1 Å². The summed E-state index contributed by atoms with van der Waals surface area (Å²) in [6.45, 7) is 3.25. The van der Waals surface area contributed by atoms with Gasteiger partial charge in [0.1, 0.15) is 19.0 Å². The highest BCUT2D eigenvalue weighted by atomic mass is 19.2. The summed E-state index contributed by atoms with van der Waals surface area (Å²) in [6.07, 6.45) is 1.34. The van der Waals surface area contributed by atoms with Crippen molar-refractivity contribution in [1.29, 1.82) is 0 Å². The van der Waals surface area contributed by atoms with Gasteiger partial charge < -0.3 is 19.3 Å². The number of aromatic nitrogens is 2. The molecule has 0 radical (unpaired) electrons. The Kier molecular flexibility index (Phi) is 6.55. The van der Waals surface area contributed by atoms with E-state index in [0.29, 0.717) is 22.7 Å². The summed E-state index contributed by atoms with van der Waals surface area (Å²) in [6, 6.07) is 9.47. The Morgan fingerprint density at radius 2 is 1.81 bits per heavy atom. The van der Waals surface area contributed by atoms with Crippen molar-refractivity contribution in [3.8, 4) is 22.9 Å². The van der Waals surface area contributed by atoms with Crippen LogP contribution in [0, 0.1) is 11.6 Å². The molecule has 0 bridgehead atoms. The molecule has 2 aromatic carbocycles. The molecule has 0 atom stereocenters. The van der Waals surface area contributed by atoms with Crippen molar-refractivity contribution in [2.24, 2.45) is 0 Å². The summed E-state index contributed by atoms with van der Waals surface area (Å²) in [7, 11) is 1.46. The second-order valence-electron chi connectivity index (χ2n) is 7.41. The summed E-state index contributed by atoms with van der Waals surface area (Å²) < 4.78 is 43.8. The van der Waals surface area contributed by atoms with Crippen LogP contribution < -0.4 is 19.8 Å². The van der Waals surface area contributed by atoms with E-state index in [-0.39, 0.29) is 19.0 Å². The highest BCUT2D eigenvalue weighted by molar-refractivity contribution is 5.48. The predicted molar refractivity (Wildman–Crippen MR) is 109 cm³/mol. The summed E-state index contributed by atoms with van der Waals surface area (Å²) in [5.41, 5.74) is -0.633. The Labute approximate surface area is 177 Å². The maximum Gasteiger partial charge on any atom is 0.275 e. The van der Waals surface area contributed by atoms with Crippen LogP contribution in [-0.2, 0) is 6.61 Å². The summed E-state index contributed by atoms with van der Waals surface area (Å²) >= 11 is 0. The van der Waals surface area contributed by atoms with Crippen LogP contribution >= 0.6 is 0 Å². The average molecular weight is 432 g/mol. The molecular weight excluding hydrogens is 410 g/mol. The van der Waals surface area contributed by atoms with Crippen molar-refractivity contribution in [1.82, 2.24) is 9.78 Å². The van der Waals surface area contributed by atoms with Crippen LogP contribution in [-0.4, -0.2) is 34.2 Å². The second-order valence-corrected chi connectivity index (χ2v) is 7.41. The van der Waals surface area contributed by atoms with Gasteiger partial charge in [-0.2, -0.15) is 9.78 Å². The van der Waals surface area contributed by atoms with Gasteiger partial charge in [-0.3, -0.25) is 4.79 Å². The van der Waals surface area contributed by atoms with Crippen LogP contribution in [0.2, 0.25) is 0 Å². The molecule has 3 aromatic rings. The number of hydrogen-bond acceptors (Lipinski definition) is 6. The average Bonchev–Trinajstić information content (AvgIpc) is 2.72. The molecule has 7 nitrogen and oxygen atoms in total. The Morgan fingerprint density at radius 3 is 2.45 bits per heavy atom. The third-order valence-corrected chi connectivity index (χ3v) is 4.14. The van der Waals surface area contributed by atoms with E-state index in [2.05, 4.69) is 5.10 Å². The number of aliphatic hydroxyl groups is 1. The lowest BCUT2D eigenvalue weighted by molar-refractivity contribution is 0.0276. The van der Waals surface area contributed by atoms with Gasteiger partial charge in [0, 0.05) is 12.1 Å². The van der Waals surface area contributed by atoms with Gasteiger partial charge in [-0.25, -0.2) is 8.78 Å². The molecule has 9 heteroatoms. The first-order valence-electron chi connectivity index (χ1n) is 9.36. The second kappa shape index (κ2) is 9.13. The molecule has 0 aliphatic rings. The molecule has 0 unspecified atom stereocenters. The Bertz CT molecular complexity index is 1130. The number of benzene rings is 2. The Morgan fingerprint density at radius 1 is 1.03 bits per heavy atom. The molecule has 0 spiro atoms. The maximum atomic E-state index is 13.3. The van der Waals surface area contributed by atoms with Crippen LogP contribution in [0.4, 0.5) is 8.78 Å². The monoisotopic (exact) mass is 432 g/mol. The van der Waals surface area contributed by atoms with E-state index in [1.54, 1.807) is 32.0 Å². The number of halogens is 2. The van der Waals surface area contributed by atoms with Crippen molar-refractivity contribution in [3.05, 3.63) is 76.2 Å². The normalized spacial score (nSPS) is 11.3. The van der Waals surface area contributed by atoms with Crippen molar-refractivity contribution in [3.63, 3.8) is 0 Å². The first kappa shape index (κ1) is 22.2. The molecule has 1 heterocycles. The number of nitrogens with zero attached hydrogens (tertiary/aromatic N) is 2. The zero-order valence-corrected chi connectivity index (χ0v) is 17.3. The number of rotatable bonds is 8. The van der Waals surface area contributed by atoms with Crippen LogP contribution in [0.5, 0.6) is 17.2 Å². The van der Waals surface area contributed by atoms with E-state index in [4.69, 9.17) is 14.2 Å². The number of hydrogen-bond donors (Lipinski definition) is 1. The van der Waals surface area contributed by atoms with Crippen molar-refractivity contribution in [2.45, 2.75) is 26.1 Å². The molecule has 0 amide bonds. The van der Waals surface area contributed by atoms with Gasteiger partial charge >= 0.3 is 0 Å². The fourth-order valence-corrected chi connectivity index (χ4v) is 2.62. The van der Waals surface area contributed by atoms with Gasteiger partial charge in [0.25, 0.3) is 5.56 Å². The largest absolute Gasteiger partial charge is 0.493 e. The molecule has 164 valence electrons. The third kappa shape index (κ3) is 5.79. The minimum absolute atomic E-state index is 0.0522.